The van der Waals surface area contributed by atoms with Crippen LogP contribution in [-0.2, 0) is 0 Å². The zero-order valence-corrected chi connectivity index (χ0v) is 17.0. The molecule has 0 radical (unpaired) electrons. The lowest BCUT2D eigenvalue weighted by atomic mass is 9.69. The molecule has 4 nitrogen and oxygen atoms in total. The van der Waals surface area contributed by atoms with E-state index in [9.17, 15) is 19.7 Å². The van der Waals surface area contributed by atoms with E-state index in [1.165, 1.54) is 12.1 Å². The smallest absolute Gasteiger partial charge is 0.185 e. The quantitative estimate of drug-likeness (QED) is 0.553. The van der Waals surface area contributed by atoms with Crippen LogP contribution in [0.3, 0.4) is 0 Å². The third-order valence-corrected chi connectivity index (χ3v) is 6.47. The lowest BCUT2D eigenvalue weighted by Crippen LogP contribution is -2.44. The zero-order valence-electron chi connectivity index (χ0n) is 17.0. The Morgan fingerprint density at radius 2 is 1.56 bits per heavy atom. The number of para-hydroxylation sites is 1. The number of nitriles is 2. The molecular weight excluding hydrogens is 401 g/mol. The molecule has 2 heterocycles. The van der Waals surface area contributed by atoms with Gasteiger partial charge in [0.25, 0.3) is 0 Å². The number of benzene rings is 3. The van der Waals surface area contributed by atoms with E-state index in [1.807, 2.05) is 47.4 Å². The van der Waals surface area contributed by atoms with Gasteiger partial charge in [-0.2, -0.15) is 10.5 Å². The summed E-state index contributed by atoms with van der Waals surface area (Å²) < 4.78 is 13.7. The number of carbonyl (C=O) groups is 1. The summed E-state index contributed by atoms with van der Waals surface area (Å²) in [4.78, 5) is 15.8. The van der Waals surface area contributed by atoms with Gasteiger partial charge in [-0.3, -0.25) is 4.79 Å². The van der Waals surface area contributed by atoms with E-state index in [0.717, 1.165) is 11.3 Å². The van der Waals surface area contributed by atoms with Gasteiger partial charge in [0.2, 0.25) is 0 Å². The van der Waals surface area contributed by atoms with Crippen LogP contribution in [0.15, 0.2) is 84.9 Å². The van der Waals surface area contributed by atoms with E-state index in [-0.39, 0.29) is 5.78 Å². The van der Waals surface area contributed by atoms with Gasteiger partial charge in [-0.25, -0.2) is 4.39 Å². The van der Waals surface area contributed by atoms with E-state index >= 15 is 0 Å². The number of carbonyl (C=O) groups excluding carboxylic acids is 1. The SMILES string of the molecule is N#CC1(C#N)[C@H](c2ccc(F)cc2)[C@H](C(=O)c2ccccc2)N2c3ccccc3C=C[C@@H]21. The van der Waals surface area contributed by atoms with Gasteiger partial charge in [-0.15, -0.1) is 0 Å². The predicted octanol–water partition coefficient (Wildman–Crippen LogP) is 5.11. The average Bonchev–Trinajstić information content (AvgIpc) is 3.15. The van der Waals surface area contributed by atoms with E-state index in [1.54, 1.807) is 36.4 Å². The Morgan fingerprint density at radius 1 is 0.906 bits per heavy atom. The molecule has 2 aliphatic heterocycles. The van der Waals surface area contributed by atoms with Crippen molar-refractivity contribution >= 4 is 17.5 Å². The number of rotatable bonds is 3. The molecule has 1 fully saturated rings. The molecule has 0 unspecified atom stereocenters. The highest BCUT2D eigenvalue weighted by atomic mass is 19.1. The average molecular weight is 419 g/mol. The largest absolute Gasteiger partial charge is 0.351 e. The van der Waals surface area contributed by atoms with Crippen LogP contribution in [0.25, 0.3) is 6.08 Å². The maximum atomic E-state index is 13.9. The highest BCUT2D eigenvalue weighted by molar-refractivity contribution is 6.04. The van der Waals surface area contributed by atoms with Crippen molar-refractivity contribution in [1.82, 2.24) is 0 Å². The Morgan fingerprint density at radius 3 is 2.25 bits per heavy atom. The van der Waals surface area contributed by atoms with E-state index in [0.29, 0.717) is 11.1 Å². The van der Waals surface area contributed by atoms with Crippen molar-refractivity contribution in [3.05, 3.63) is 107 Å². The Bertz CT molecular complexity index is 1290. The molecule has 5 heteroatoms. The number of nitrogens with zero attached hydrogens (tertiary/aromatic N) is 3. The summed E-state index contributed by atoms with van der Waals surface area (Å²) in [6.07, 6.45) is 3.74. The van der Waals surface area contributed by atoms with E-state index in [2.05, 4.69) is 12.1 Å². The number of Topliss-reactive ketones (excluding diaryl/α,β-unsaturated/α-hetero) is 1. The number of fused-ring (bicyclic) bond motifs is 3. The zero-order chi connectivity index (χ0) is 22.3. The summed E-state index contributed by atoms with van der Waals surface area (Å²) in [6, 6.07) is 25.4. The molecule has 0 aliphatic carbocycles. The normalized spacial score (nSPS) is 22.3. The van der Waals surface area contributed by atoms with Crippen LogP contribution in [0, 0.1) is 33.9 Å². The van der Waals surface area contributed by atoms with E-state index < -0.39 is 29.2 Å². The lowest BCUT2D eigenvalue weighted by Gasteiger charge is -2.35. The molecule has 0 amide bonds. The molecule has 3 aromatic rings. The second kappa shape index (κ2) is 7.48. The molecule has 0 saturated carbocycles. The van der Waals surface area contributed by atoms with Crippen LogP contribution in [0.5, 0.6) is 0 Å². The van der Waals surface area contributed by atoms with Crippen LogP contribution in [-0.4, -0.2) is 17.9 Å². The minimum Gasteiger partial charge on any atom is -0.351 e. The van der Waals surface area contributed by atoms with Crippen LogP contribution < -0.4 is 4.90 Å². The topological polar surface area (TPSA) is 67.9 Å². The van der Waals surface area contributed by atoms with Crippen LogP contribution in [0.2, 0.25) is 0 Å². The highest BCUT2D eigenvalue weighted by Crippen LogP contribution is 2.55. The Labute approximate surface area is 185 Å². The predicted molar refractivity (Wildman–Crippen MR) is 119 cm³/mol. The number of halogens is 1. The number of hydrogen-bond acceptors (Lipinski definition) is 4. The first-order valence-electron chi connectivity index (χ1n) is 10.3. The first-order valence-corrected chi connectivity index (χ1v) is 10.3. The van der Waals surface area contributed by atoms with Crippen molar-refractivity contribution in [2.75, 3.05) is 4.90 Å². The van der Waals surface area contributed by atoms with Gasteiger partial charge in [0.15, 0.2) is 11.2 Å². The standard InChI is InChI=1S/C27H18FN3O/c28-21-13-10-19(11-14-21)24-25(26(32)20-7-2-1-3-8-20)31-22-9-5-4-6-18(22)12-15-23(31)27(24,16-29)17-30/h1-15,23-25H/t23-,24-,25-/m1/s1. The monoisotopic (exact) mass is 419 g/mol. The third kappa shape index (κ3) is 2.76. The molecule has 2 aliphatic rings. The molecule has 1 saturated heterocycles. The third-order valence-electron chi connectivity index (χ3n) is 6.47. The summed E-state index contributed by atoms with van der Waals surface area (Å²) in [5, 5.41) is 20.7. The fourth-order valence-corrected chi connectivity index (χ4v) is 5.05. The van der Waals surface area contributed by atoms with Crippen LogP contribution in [0.4, 0.5) is 10.1 Å². The summed E-state index contributed by atoms with van der Waals surface area (Å²) in [5.41, 5.74) is 1.27. The highest BCUT2D eigenvalue weighted by Gasteiger charge is 2.63. The van der Waals surface area contributed by atoms with Gasteiger partial charge < -0.3 is 4.90 Å². The lowest BCUT2D eigenvalue weighted by molar-refractivity contribution is 0.0951. The first kappa shape index (κ1) is 19.7. The second-order valence-corrected chi connectivity index (χ2v) is 8.07. The van der Waals surface area contributed by atoms with Gasteiger partial charge >= 0.3 is 0 Å². The number of ketones is 1. The number of anilines is 1. The number of hydrogen-bond donors (Lipinski definition) is 0. The second-order valence-electron chi connectivity index (χ2n) is 8.07. The fraction of sp³-hybridized carbons (Fsp3) is 0.148. The fourth-order valence-electron chi connectivity index (χ4n) is 5.05. The molecule has 3 aromatic carbocycles. The van der Waals surface area contributed by atoms with Crippen molar-refractivity contribution in [3.63, 3.8) is 0 Å². The van der Waals surface area contributed by atoms with Gasteiger partial charge in [-0.1, -0.05) is 72.8 Å². The Balaban J connectivity index is 1.79. The molecule has 3 atom stereocenters. The molecule has 0 N–H and O–H groups in total. The summed E-state index contributed by atoms with van der Waals surface area (Å²) in [5.74, 6) is -1.37. The van der Waals surface area contributed by atoms with E-state index in [4.69, 9.17) is 0 Å². The molecule has 5 rings (SSSR count). The summed E-state index contributed by atoms with van der Waals surface area (Å²) in [7, 11) is 0. The van der Waals surface area contributed by atoms with Gasteiger partial charge in [0, 0.05) is 17.2 Å². The minimum absolute atomic E-state index is 0.178. The van der Waals surface area contributed by atoms with Crippen molar-refractivity contribution in [2.45, 2.75) is 18.0 Å². The van der Waals surface area contributed by atoms with Gasteiger partial charge in [0.1, 0.15) is 11.9 Å². The van der Waals surface area contributed by atoms with Gasteiger partial charge in [-0.05, 0) is 29.3 Å². The molecule has 154 valence electrons. The van der Waals surface area contributed by atoms with Crippen molar-refractivity contribution < 1.29 is 9.18 Å². The minimum atomic E-state index is -1.53. The van der Waals surface area contributed by atoms with Crippen molar-refractivity contribution in [1.29, 1.82) is 10.5 Å². The first-order chi connectivity index (χ1) is 15.6. The Kier molecular flexibility index (Phi) is 4.61. The molecule has 0 bridgehead atoms. The van der Waals surface area contributed by atoms with Crippen molar-refractivity contribution in [2.24, 2.45) is 5.41 Å². The van der Waals surface area contributed by atoms with Crippen molar-refractivity contribution in [3.8, 4) is 12.1 Å². The summed E-state index contributed by atoms with van der Waals surface area (Å²) >= 11 is 0. The molecule has 0 spiro atoms. The Hall–Kier alpha value is -4.22. The van der Waals surface area contributed by atoms with Gasteiger partial charge in [0.05, 0.1) is 18.2 Å². The molecule has 0 aromatic heterocycles. The molecular formula is C27H18FN3O. The maximum absolute atomic E-state index is 13.9. The maximum Gasteiger partial charge on any atom is 0.185 e. The van der Waals surface area contributed by atoms with Crippen LogP contribution in [0.1, 0.15) is 27.4 Å². The van der Waals surface area contributed by atoms with Crippen LogP contribution >= 0.6 is 0 Å². The summed E-state index contributed by atoms with van der Waals surface area (Å²) in [6.45, 7) is 0. The molecule has 32 heavy (non-hydrogen) atoms.